The molecule has 4 aromatic rings. The van der Waals surface area contributed by atoms with E-state index in [2.05, 4.69) is 20.0 Å². The van der Waals surface area contributed by atoms with Crippen molar-refractivity contribution in [3.63, 3.8) is 0 Å². The summed E-state index contributed by atoms with van der Waals surface area (Å²) in [5, 5.41) is 3.31. The Morgan fingerprint density at radius 3 is 2.50 bits per heavy atom. The fraction of sp³-hybridized carbons (Fsp3) is 0.231. The molecule has 2 heterocycles. The van der Waals surface area contributed by atoms with Crippen molar-refractivity contribution in [1.29, 1.82) is 0 Å². The van der Waals surface area contributed by atoms with E-state index in [0.29, 0.717) is 16.6 Å². The second-order valence-corrected chi connectivity index (χ2v) is 8.04. The Labute approximate surface area is 214 Å². The van der Waals surface area contributed by atoms with Crippen LogP contribution in [-0.2, 0) is 17.9 Å². The fourth-order valence-electron chi connectivity index (χ4n) is 3.78. The van der Waals surface area contributed by atoms with E-state index < -0.39 is 23.6 Å². The highest BCUT2D eigenvalue weighted by Gasteiger charge is 2.31. The van der Waals surface area contributed by atoms with Crippen LogP contribution in [0.3, 0.4) is 0 Å². The van der Waals surface area contributed by atoms with Crippen LogP contribution in [0.1, 0.15) is 34.1 Å². The van der Waals surface area contributed by atoms with Crippen LogP contribution in [0.15, 0.2) is 65.7 Å². The van der Waals surface area contributed by atoms with Crippen molar-refractivity contribution in [3.05, 3.63) is 93.7 Å². The quantitative estimate of drug-likeness (QED) is 0.319. The lowest BCUT2D eigenvalue weighted by Crippen LogP contribution is -2.34. The molecule has 2 aromatic heterocycles. The Balaban J connectivity index is 1.79. The molecule has 9 nitrogen and oxygen atoms in total. The third kappa shape index (κ3) is 6.02. The van der Waals surface area contributed by atoms with Crippen LogP contribution >= 0.6 is 0 Å². The maximum Gasteiger partial charge on any atom is 0.573 e. The Hall–Kier alpha value is -4.61. The largest absolute Gasteiger partial charge is 0.573 e. The number of carbonyl (C=O) groups excluding carboxylic acids is 1. The van der Waals surface area contributed by atoms with Gasteiger partial charge in [-0.1, -0.05) is 42.5 Å². The molecule has 0 bridgehead atoms. The van der Waals surface area contributed by atoms with Crippen LogP contribution in [0, 0.1) is 6.92 Å². The number of nitrogens with one attached hydrogen (secondary N) is 1. The van der Waals surface area contributed by atoms with Gasteiger partial charge in [-0.3, -0.25) is 4.79 Å². The maximum absolute atomic E-state index is 13.6. The van der Waals surface area contributed by atoms with E-state index in [1.54, 1.807) is 19.9 Å². The second-order valence-electron chi connectivity index (χ2n) is 8.04. The number of pyridine rings is 1. The first-order valence-corrected chi connectivity index (χ1v) is 11.5. The smallest absolute Gasteiger partial charge is 0.462 e. The molecular formula is C26H23F3N4O5. The van der Waals surface area contributed by atoms with Gasteiger partial charge in [0.1, 0.15) is 18.7 Å². The van der Waals surface area contributed by atoms with Crippen LogP contribution in [0.4, 0.5) is 18.9 Å². The summed E-state index contributed by atoms with van der Waals surface area (Å²) >= 11 is 0. The normalized spacial score (nSPS) is 11.3. The third-order valence-electron chi connectivity index (χ3n) is 5.39. The Bertz CT molecular complexity index is 1510. The van der Waals surface area contributed by atoms with Gasteiger partial charge in [-0.25, -0.2) is 14.8 Å². The minimum absolute atomic E-state index is 0.00171. The molecule has 0 fully saturated rings. The summed E-state index contributed by atoms with van der Waals surface area (Å²) in [6, 6.07) is 14.4. The summed E-state index contributed by atoms with van der Waals surface area (Å²) in [4.78, 5) is 40.7. The minimum Gasteiger partial charge on any atom is -0.462 e. The van der Waals surface area contributed by atoms with Crippen LogP contribution in [-0.4, -0.2) is 33.6 Å². The number of nitrogens with zero attached hydrogens (tertiary/aromatic N) is 3. The molecule has 198 valence electrons. The highest BCUT2D eigenvalue weighted by molar-refractivity contribution is 6.04. The first kappa shape index (κ1) is 26.5. The molecule has 0 saturated carbocycles. The lowest BCUT2D eigenvalue weighted by molar-refractivity contribution is -0.274. The van der Waals surface area contributed by atoms with Gasteiger partial charge in [0.15, 0.2) is 11.2 Å². The van der Waals surface area contributed by atoms with Crippen molar-refractivity contribution in [2.45, 2.75) is 33.4 Å². The number of hydrogen-bond acceptors (Lipinski definition) is 8. The Morgan fingerprint density at radius 1 is 1.05 bits per heavy atom. The highest BCUT2D eigenvalue weighted by Crippen LogP contribution is 2.28. The van der Waals surface area contributed by atoms with Gasteiger partial charge >= 0.3 is 17.9 Å². The van der Waals surface area contributed by atoms with Gasteiger partial charge in [0.25, 0.3) is 0 Å². The number of aryl methyl sites for hydroxylation is 1. The zero-order valence-corrected chi connectivity index (χ0v) is 20.4. The summed E-state index contributed by atoms with van der Waals surface area (Å²) in [6.45, 7) is 3.21. The van der Waals surface area contributed by atoms with Crippen LogP contribution < -0.4 is 20.5 Å². The first-order chi connectivity index (χ1) is 18.2. The van der Waals surface area contributed by atoms with Gasteiger partial charge in [0, 0.05) is 6.54 Å². The number of alkyl halides is 3. The van der Waals surface area contributed by atoms with E-state index >= 15 is 0 Å². The van der Waals surface area contributed by atoms with Gasteiger partial charge in [-0.05, 0) is 37.1 Å². The Kier molecular flexibility index (Phi) is 7.79. The van der Waals surface area contributed by atoms with Crippen molar-refractivity contribution in [3.8, 4) is 5.75 Å². The molecular weight excluding hydrogens is 505 g/mol. The standard InChI is InChI=1S/C26H23F3N4O5/c1-3-36-25(35)21-22(30-13-18-10-7-11-19(12-18)38-26(27,28)29)20-16(2)31-15-32-23(20)33(24(21)34)37-14-17-8-5-4-6-9-17/h4-12,15,30H,3,13-14H2,1-2H3. The fourth-order valence-corrected chi connectivity index (χ4v) is 3.78. The molecule has 4 rings (SSSR count). The summed E-state index contributed by atoms with van der Waals surface area (Å²) < 4.78 is 48.0. The second kappa shape index (κ2) is 11.2. The molecule has 0 aliphatic heterocycles. The lowest BCUT2D eigenvalue weighted by Gasteiger charge is -2.19. The molecule has 0 amide bonds. The number of ether oxygens (including phenoxy) is 2. The van der Waals surface area contributed by atoms with Crippen molar-refractivity contribution in [2.75, 3.05) is 11.9 Å². The van der Waals surface area contributed by atoms with Crippen molar-refractivity contribution >= 4 is 22.7 Å². The van der Waals surface area contributed by atoms with E-state index in [4.69, 9.17) is 9.57 Å². The number of anilines is 1. The topological polar surface area (TPSA) is 105 Å². The van der Waals surface area contributed by atoms with Gasteiger partial charge < -0.3 is 19.6 Å². The zero-order valence-electron chi connectivity index (χ0n) is 20.4. The summed E-state index contributed by atoms with van der Waals surface area (Å²) in [5.41, 5.74) is 0.600. The average molecular weight is 528 g/mol. The van der Waals surface area contributed by atoms with E-state index in [0.717, 1.165) is 10.3 Å². The van der Waals surface area contributed by atoms with E-state index in [1.165, 1.54) is 24.5 Å². The molecule has 1 N–H and O–H groups in total. The first-order valence-electron chi connectivity index (χ1n) is 11.5. The van der Waals surface area contributed by atoms with Crippen LogP contribution in [0.5, 0.6) is 5.75 Å². The number of halogens is 3. The average Bonchev–Trinajstić information content (AvgIpc) is 2.87. The minimum atomic E-state index is -4.85. The number of carbonyl (C=O) groups is 1. The zero-order chi connectivity index (χ0) is 27.3. The molecule has 2 aromatic carbocycles. The number of hydrogen-bond donors (Lipinski definition) is 1. The molecule has 12 heteroatoms. The van der Waals surface area contributed by atoms with Gasteiger partial charge in [0.05, 0.1) is 23.4 Å². The van der Waals surface area contributed by atoms with E-state index in [-0.39, 0.29) is 36.7 Å². The number of rotatable bonds is 9. The predicted molar refractivity (Wildman–Crippen MR) is 132 cm³/mol. The van der Waals surface area contributed by atoms with Gasteiger partial charge in [-0.2, -0.15) is 0 Å². The number of esters is 1. The monoisotopic (exact) mass is 528 g/mol. The van der Waals surface area contributed by atoms with E-state index in [9.17, 15) is 22.8 Å². The van der Waals surface area contributed by atoms with Crippen LogP contribution in [0.2, 0.25) is 0 Å². The molecule has 0 aliphatic carbocycles. The summed E-state index contributed by atoms with van der Waals surface area (Å²) in [7, 11) is 0. The summed E-state index contributed by atoms with van der Waals surface area (Å²) in [5.74, 6) is -1.31. The SMILES string of the molecule is CCOC(=O)c1c(NCc2cccc(OC(F)(F)F)c2)c2c(C)ncnc2n(OCc2ccccc2)c1=O. The number of benzene rings is 2. The Morgan fingerprint density at radius 2 is 1.79 bits per heavy atom. The predicted octanol–water partition coefficient (Wildman–Crippen LogP) is 4.42. The van der Waals surface area contributed by atoms with Crippen LogP contribution in [0.25, 0.3) is 11.0 Å². The third-order valence-corrected chi connectivity index (χ3v) is 5.39. The number of aromatic nitrogens is 3. The van der Waals surface area contributed by atoms with Gasteiger partial charge in [0.2, 0.25) is 0 Å². The van der Waals surface area contributed by atoms with Crippen molar-refractivity contribution in [1.82, 2.24) is 14.7 Å². The molecule has 38 heavy (non-hydrogen) atoms. The van der Waals surface area contributed by atoms with Crippen molar-refractivity contribution in [2.24, 2.45) is 0 Å². The molecule has 0 saturated heterocycles. The maximum atomic E-state index is 13.6. The molecule has 0 radical (unpaired) electrons. The highest BCUT2D eigenvalue weighted by atomic mass is 19.4. The van der Waals surface area contributed by atoms with Gasteiger partial charge in [-0.15, -0.1) is 17.9 Å². The summed E-state index contributed by atoms with van der Waals surface area (Å²) in [6.07, 6.45) is -3.59. The van der Waals surface area contributed by atoms with Crippen molar-refractivity contribution < 1.29 is 32.3 Å². The lowest BCUT2D eigenvalue weighted by atomic mass is 10.1. The molecule has 0 spiro atoms. The van der Waals surface area contributed by atoms with E-state index in [1.807, 2.05) is 30.3 Å². The molecule has 0 unspecified atom stereocenters. The molecule has 0 aliphatic rings. The molecule has 0 atom stereocenters. The number of fused-ring (bicyclic) bond motifs is 1.